The van der Waals surface area contributed by atoms with Crippen molar-refractivity contribution >= 4 is 10.0 Å². The normalized spacial score (nSPS) is 13.7. The fraction of sp³-hybridized carbons (Fsp3) is 0.600. The zero-order valence-corrected chi connectivity index (χ0v) is 13.6. The number of aryl methyl sites for hydroxylation is 1. The molecule has 0 spiro atoms. The molecule has 3 N–H and O–H groups in total. The third kappa shape index (κ3) is 4.89. The zero-order chi connectivity index (χ0) is 15.3. The van der Waals surface area contributed by atoms with E-state index in [1.165, 1.54) is 0 Å². The van der Waals surface area contributed by atoms with Gasteiger partial charge in [0.15, 0.2) is 0 Å². The molecule has 0 heterocycles. The van der Waals surface area contributed by atoms with Crippen LogP contribution in [-0.4, -0.2) is 14.5 Å². The summed E-state index contributed by atoms with van der Waals surface area (Å²) >= 11 is 0. The van der Waals surface area contributed by atoms with Crippen LogP contribution in [-0.2, 0) is 16.6 Å². The van der Waals surface area contributed by atoms with Gasteiger partial charge >= 0.3 is 0 Å². The highest BCUT2D eigenvalue weighted by Gasteiger charge is 2.19. The molecule has 0 radical (unpaired) electrons. The van der Waals surface area contributed by atoms with E-state index in [1.54, 1.807) is 19.1 Å². The number of hydrogen-bond acceptors (Lipinski definition) is 3. The minimum atomic E-state index is -3.45. The van der Waals surface area contributed by atoms with Crippen LogP contribution in [0.4, 0.5) is 0 Å². The smallest absolute Gasteiger partial charge is 0.241 e. The fourth-order valence-corrected chi connectivity index (χ4v) is 3.62. The molecule has 0 bridgehead atoms. The maximum absolute atomic E-state index is 12.4. The first-order valence-corrected chi connectivity index (χ1v) is 8.56. The van der Waals surface area contributed by atoms with Crippen LogP contribution in [0.25, 0.3) is 0 Å². The van der Waals surface area contributed by atoms with Gasteiger partial charge < -0.3 is 5.73 Å². The number of rotatable bonds is 7. The molecular weight excluding hydrogens is 272 g/mol. The Hall–Kier alpha value is -0.910. The highest BCUT2D eigenvalue weighted by molar-refractivity contribution is 7.89. The fourth-order valence-electron chi connectivity index (χ4n) is 2.11. The van der Waals surface area contributed by atoms with Crippen LogP contribution in [0.15, 0.2) is 23.1 Å². The van der Waals surface area contributed by atoms with E-state index in [2.05, 4.69) is 18.6 Å². The summed E-state index contributed by atoms with van der Waals surface area (Å²) in [5.74, 6) is 0.576. The predicted octanol–water partition coefficient (Wildman–Crippen LogP) is 2.56. The van der Waals surface area contributed by atoms with E-state index in [9.17, 15) is 8.42 Å². The number of hydrogen-bond donors (Lipinski definition) is 2. The molecule has 0 aliphatic rings. The monoisotopic (exact) mass is 298 g/mol. The summed E-state index contributed by atoms with van der Waals surface area (Å²) in [4.78, 5) is 0.339. The van der Waals surface area contributed by atoms with Crippen molar-refractivity contribution in [2.45, 2.75) is 58.0 Å². The van der Waals surface area contributed by atoms with E-state index >= 15 is 0 Å². The van der Waals surface area contributed by atoms with Gasteiger partial charge in [-0.15, -0.1) is 0 Å². The first-order valence-electron chi connectivity index (χ1n) is 7.08. The average Bonchev–Trinajstić information content (AvgIpc) is 2.35. The van der Waals surface area contributed by atoms with Gasteiger partial charge in [0.1, 0.15) is 0 Å². The molecule has 114 valence electrons. The molecule has 1 aromatic carbocycles. The summed E-state index contributed by atoms with van der Waals surface area (Å²) in [5.41, 5.74) is 7.23. The van der Waals surface area contributed by atoms with Crippen LogP contribution in [0.3, 0.4) is 0 Å². The van der Waals surface area contributed by atoms with E-state index in [1.807, 2.05) is 13.0 Å². The van der Waals surface area contributed by atoms with Gasteiger partial charge in [0.05, 0.1) is 4.90 Å². The molecule has 20 heavy (non-hydrogen) atoms. The second-order valence-electron chi connectivity index (χ2n) is 5.80. The molecular formula is C15H26N2O2S. The Kier molecular flexibility index (Phi) is 6.17. The van der Waals surface area contributed by atoms with Gasteiger partial charge in [0, 0.05) is 12.6 Å². The van der Waals surface area contributed by atoms with Crippen LogP contribution in [0.5, 0.6) is 0 Å². The Balaban J connectivity index is 2.83. The molecule has 0 fully saturated rings. The Labute approximate surface area is 122 Å². The zero-order valence-electron chi connectivity index (χ0n) is 12.8. The first-order chi connectivity index (χ1) is 9.26. The minimum Gasteiger partial charge on any atom is -0.326 e. The lowest BCUT2D eigenvalue weighted by atomic mass is 10.1. The highest BCUT2D eigenvalue weighted by atomic mass is 32.2. The molecule has 0 saturated carbocycles. The van der Waals surface area contributed by atoms with Gasteiger partial charge in [-0.1, -0.05) is 26.0 Å². The SMILES string of the molecule is Cc1cc(CN)ccc1S(=O)(=O)NC(C)CCC(C)C. The van der Waals surface area contributed by atoms with Gasteiger partial charge in [-0.25, -0.2) is 13.1 Å². The van der Waals surface area contributed by atoms with E-state index in [-0.39, 0.29) is 6.04 Å². The molecule has 0 saturated heterocycles. The summed E-state index contributed by atoms with van der Waals surface area (Å²) in [6.45, 7) is 8.39. The maximum atomic E-state index is 12.4. The number of nitrogens with two attached hydrogens (primary N) is 1. The molecule has 0 aliphatic carbocycles. The third-order valence-electron chi connectivity index (χ3n) is 3.30. The molecule has 0 aromatic heterocycles. The van der Waals surface area contributed by atoms with Gasteiger partial charge in [0.2, 0.25) is 10.0 Å². The summed E-state index contributed by atoms with van der Waals surface area (Å²) < 4.78 is 27.5. The second kappa shape index (κ2) is 7.20. The number of nitrogens with one attached hydrogen (secondary N) is 1. The molecule has 1 unspecified atom stereocenters. The first kappa shape index (κ1) is 17.1. The standard InChI is InChI=1S/C15H26N2O2S/c1-11(2)5-6-13(4)17-20(18,19)15-8-7-14(10-16)9-12(15)3/h7-9,11,13,17H,5-6,10,16H2,1-4H3. The van der Waals surface area contributed by atoms with E-state index < -0.39 is 10.0 Å². The van der Waals surface area contributed by atoms with Gasteiger partial charge in [-0.3, -0.25) is 0 Å². The Morgan fingerprint density at radius 1 is 1.20 bits per heavy atom. The van der Waals surface area contributed by atoms with Gasteiger partial charge in [-0.05, 0) is 49.8 Å². The Morgan fingerprint density at radius 3 is 2.35 bits per heavy atom. The lowest BCUT2D eigenvalue weighted by Gasteiger charge is -2.16. The van der Waals surface area contributed by atoms with E-state index in [0.717, 1.165) is 24.0 Å². The number of benzene rings is 1. The van der Waals surface area contributed by atoms with Crippen LogP contribution < -0.4 is 10.5 Å². The largest absolute Gasteiger partial charge is 0.326 e. The molecule has 1 aromatic rings. The van der Waals surface area contributed by atoms with Gasteiger partial charge in [-0.2, -0.15) is 0 Å². The van der Waals surface area contributed by atoms with E-state index in [0.29, 0.717) is 17.4 Å². The quantitative estimate of drug-likeness (QED) is 0.812. The Bertz CT molecular complexity index is 539. The van der Waals surface area contributed by atoms with Crippen molar-refractivity contribution in [1.29, 1.82) is 0 Å². The van der Waals surface area contributed by atoms with Crippen molar-refractivity contribution in [3.05, 3.63) is 29.3 Å². The van der Waals surface area contributed by atoms with Crippen molar-refractivity contribution in [2.75, 3.05) is 0 Å². The highest BCUT2D eigenvalue weighted by Crippen LogP contribution is 2.18. The summed E-state index contributed by atoms with van der Waals surface area (Å²) in [6, 6.07) is 5.17. The third-order valence-corrected chi connectivity index (χ3v) is 5.05. The van der Waals surface area contributed by atoms with Crippen LogP contribution in [0.1, 0.15) is 44.7 Å². The van der Waals surface area contributed by atoms with Crippen LogP contribution in [0, 0.1) is 12.8 Å². The molecule has 4 nitrogen and oxygen atoms in total. The maximum Gasteiger partial charge on any atom is 0.241 e. The van der Waals surface area contributed by atoms with Crippen molar-refractivity contribution in [1.82, 2.24) is 4.72 Å². The van der Waals surface area contributed by atoms with E-state index in [4.69, 9.17) is 5.73 Å². The lowest BCUT2D eigenvalue weighted by Crippen LogP contribution is -2.33. The topological polar surface area (TPSA) is 72.2 Å². The second-order valence-corrected chi connectivity index (χ2v) is 7.48. The predicted molar refractivity (Wildman–Crippen MR) is 82.9 cm³/mol. The molecule has 1 rings (SSSR count). The summed E-state index contributed by atoms with van der Waals surface area (Å²) in [5, 5.41) is 0. The molecule has 5 heteroatoms. The Morgan fingerprint density at radius 2 is 1.85 bits per heavy atom. The summed E-state index contributed by atoms with van der Waals surface area (Å²) in [6.07, 6.45) is 1.85. The molecule has 0 aliphatic heterocycles. The molecule has 1 atom stereocenters. The van der Waals surface area contributed by atoms with Crippen molar-refractivity contribution in [2.24, 2.45) is 11.7 Å². The molecule has 0 amide bonds. The van der Waals surface area contributed by atoms with Gasteiger partial charge in [0.25, 0.3) is 0 Å². The van der Waals surface area contributed by atoms with Crippen LogP contribution >= 0.6 is 0 Å². The number of sulfonamides is 1. The van der Waals surface area contributed by atoms with Crippen molar-refractivity contribution in [3.63, 3.8) is 0 Å². The minimum absolute atomic E-state index is 0.0593. The summed E-state index contributed by atoms with van der Waals surface area (Å²) in [7, 11) is -3.45. The van der Waals surface area contributed by atoms with Crippen LogP contribution in [0.2, 0.25) is 0 Å². The lowest BCUT2D eigenvalue weighted by molar-refractivity contribution is 0.485. The van der Waals surface area contributed by atoms with Crippen molar-refractivity contribution in [3.8, 4) is 0 Å². The van der Waals surface area contributed by atoms with Crippen molar-refractivity contribution < 1.29 is 8.42 Å². The average molecular weight is 298 g/mol.